The minimum absolute atomic E-state index is 0.134. The number of carbonyl (C=O) groups is 1. The average molecular weight is 416 g/mol. The van der Waals surface area contributed by atoms with Crippen LogP contribution in [-0.2, 0) is 4.79 Å². The number of nitrogens with zero attached hydrogens (tertiary/aromatic N) is 2. The van der Waals surface area contributed by atoms with Gasteiger partial charge in [0.25, 0.3) is 5.91 Å². The Hall–Kier alpha value is -3.26. The largest absolute Gasteiger partial charge is 0.493 e. The highest BCUT2D eigenvalue weighted by atomic mass is 32.1. The zero-order valence-electron chi connectivity index (χ0n) is 15.7. The van der Waals surface area contributed by atoms with Gasteiger partial charge in [0.05, 0.1) is 18.5 Å². The van der Waals surface area contributed by atoms with Crippen molar-refractivity contribution in [1.82, 2.24) is 4.98 Å². The minimum atomic E-state index is -3.02. The summed E-state index contributed by atoms with van der Waals surface area (Å²) in [5.41, 5.74) is 1.73. The van der Waals surface area contributed by atoms with Crippen LogP contribution in [0.2, 0.25) is 0 Å². The number of hydrogen-bond donors (Lipinski definition) is 0. The molecule has 0 atom stereocenters. The van der Waals surface area contributed by atoms with Crippen LogP contribution in [-0.4, -0.2) is 24.6 Å². The van der Waals surface area contributed by atoms with Gasteiger partial charge in [-0.2, -0.15) is 8.78 Å². The first kappa shape index (κ1) is 20.5. The first-order valence-electron chi connectivity index (χ1n) is 8.60. The van der Waals surface area contributed by atoms with Gasteiger partial charge in [-0.15, -0.1) is 11.3 Å². The standard InChI is InChI=1S/C21H18F2N2O3S/c1-14-13-29-21(24-14)25(16-8-4-3-5-9-16)18(26)12-11-15-7-6-10-17(27-2)19(15)28-20(22)23/h3-13,20H,1-2H3/b12-11+. The number of aryl methyl sites for hydroxylation is 1. The molecule has 0 bridgehead atoms. The number of alkyl halides is 2. The molecule has 3 rings (SSSR count). The van der Waals surface area contributed by atoms with E-state index in [9.17, 15) is 13.6 Å². The number of carbonyl (C=O) groups excluding carboxylic acids is 1. The molecule has 0 aliphatic heterocycles. The molecule has 3 aromatic rings. The van der Waals surface area contributed by atoms with Crippen LogP contribution < -0.4 is 14.4 Å². The molecule has 0 aliphatic rings. The van der Waals surface area contributed by atoms with E-state index in [1.54, 1.807) is 24.3 Å². The Morgan fingerprint density at radius 3 is 2.55 bits per heavy atom. The second-order valence-corrected chi connectivity index (χ2v) is 6.71. The molecule has 8 heteroatoms. The fourth-order valence-corrected chi connectivity index (χ4v) is 3.46. The quantitative estimate of drug-likeness (QED) is 0.481. The molecule has 1 aromatic heterocycles. The highest BCUT2D eigenvalue weighted by molar-refractivity contribution is 7.14. The minimum Gasteiger partial charge on any atom is -0.493 e. The number of amides is 1. The maximum atomic E-state index is 13.0. The molecule has 0 spiro atoms. The molecule has 150 valence electrons. The highest BCUT2D eigenvalue weighted by Gasteiger charge is 2.19. The average Bonchev–Trinajstić information content (AvgIpc) is 3.13. The van der Waals surface area contributed by atoms with Crippen molar-refractivity contribution in [2.24, 2.45) is 0 Å². The van der Waals surface area contributed by atoms with E-state index in [1.165, 1.54) is 41.6 Å². The van der Waals surface area contributed by atoms with Gasteiger partial charge in [-0.3, -0.25) is 9.69 Å². The highest BCUT2D eigenvalue weighted by Crippen LogP contribution is 2.34. The van der Waals surface area contributed by atoms with E-state index in [-0.39, 0.29) is 17.4 Å². The molecule has 1 amide bonds. The number of anilines is 2. The van der Waals surface area contributed by atoms with Crippen LogP contribution >= 0.6 is 11.3 Å². The number of methoxy groups -OCH3 is 1. The Labute approximate surface area is 170 Å². The zero-order valence-corrected chi connectivity index (χ0v) is 16.5. The van der Waals surface area contributed by atoms with E-state index in [0.29, 0.717) is 16.4 Å². The lowest BCUT2D eigenvalue weighted by Gasteiger charge is -2.18. The van der Waals surface area contributed by atoms with Crippen molar-refractivity contribution in [2.75, 3.05) is 12.0 Å². The second-order valence-electron chi connectivity index (χ2n) is 5.87. The number of rotatable bonds is 7. The normalized spacial score (nSPS) is 11.1. The molecule has 0 unspecified atom stereocenters. The summed E-state index contributed by atoms with van der Waals surface area (Å²) in [5, 5.41) is 2.36. The van der Waals surface area contributed by atoms with Crippen molar-refractivity contribution in [3.63, 3.8) is 0 Å². The third-order valence-electron chi connectivity index (χ3n) is 3.87. The monoisotopic (exact) mass is 416 g/mol. The maximum absolute atomic E-state index is 13.0. The molecule has 1 heterocycles. The summed E-state index contributed by atoms with van der Waals surface area (Å²) in [6.45, 7) is -1.18. The Bertz CT molecular complexity index is 1010. The summed E-state index contributed by atoms with van der Waals surface area (Å²) < 4.78 is 35.3. The Morgan fingerprint density at radius 1 is 1.17 bits per heavy atom. The maximum Gasteiger partial charge on any atom is 0.387 e. The van der Waals surface area contributed by atoms with Gasteiger partial charge < -0.3 is 9.47 Å². The van der Waals surface area contributed by atoms with Gasteiger partial charge in [0.15, 0.2) is 16.6 Å². The Balaban J connectivity index is 1.95. The summed E-state index contributed by atoms with van der Waals surface area (Å²) in [4.78, 5) is 18.9. The Morgan fingerprint density at radius 2 is 1.93 bits per heavy atom. The molecule has 0 N–H and O–H groups in total. The molecule has 2 aromatic carbocycles. The van der Waals surface area contributed by atoms with E-state index >= 15 is 0 Å². The van der Waals surface area contributed by atoms with Crippen LogP contribution in [0.15, 0.2) is 60.0 Å². The SMILES string of the molecule is COc1cccc(/C=C/C(=O)N(c2ccccc2)c2nc(C)cs2)c1OC(F)F. The summed E-state index contributed by atoms with van der Waals surface area (Å²) in [6, 6.07) is 13.8. The second kappa shape index (κ2) is 9.29. The van der Waals surface area contributed by atoms with Gasteiger partial charge in [0.2, 0.25) is 0 Å². The molecule has 29 heavy (non-hydrogen) atoms. The number of ether oxygens (including phenoxy) is 2. The van der Waals surface area contributed by atoms with Gasteiger partial charge in [-0.05, 0) is 31.2 Å². The Kier molecular flexibility index (Phi) is 6.56. The third kappa shape index (κ3) is 4.97. The molecule has 0 saturated heterocycles. The van der Waals surface area contributed by atoms with E-state index in [4.69, 9.17) is 4.74 Å². The van der Waals surface area contributed by atoms with Crippen LogP contribution in [0.4, 0.5) is 19.6 Å². The number of halogens is 2. The zero-order chi connectivity index (χ0) is 20.8. The van der Waals surface area contributed by atoms with E-state index in [1.807, 2.05) is 30.5 Å². The van der Waals surface area contributed by atoms with E-state index in [2.05, 4.69) is 9.72 Å². The number of aromatic nitrogens is 1. The fourth-order valence-electron chi connectivity index (χ4n) is 2.63. The summed E-state index contributed by atoms with van der Waals surface area (Å²) in [6.07, 6.45) is 2.70. The first-order chi connectivity index (χ1) is 14.0. The molecule has 0 fully saturated rings. The number of benzene rings is 2. The van der Waals surface area contributed by atoms with Gasteiger partial charge in [0, 0.05) is 17.0 Å². The van der Waals surface area contributed by atoms with Crippen molar-refractivity contribution in [3.8, 4) is 11.5 Å². The fraction of sp³-hybridized carbons (Fsp3) is 0.143. The van der Waals surface area contributed by atoms with Gasteiger partial charge >= 0.3 is 6.61 Å². The van der Waals surface area contributed by atoms with Crippen LogP contribution in [0.3, 0.4) is 0 Å². The lowest BCUT2D eigenvalue weighted by Crippen LogP contribution is -2.23. The van der Waals surface area contributed by atoms with Crippen LogP contribution in [0.5, 0.6) is 11.5 Å². The molecule has 0 radical (unpaired) electrons. The van der Waals surface area contributed by atoms with Crippen molar-refractivity contribution in [1.29, 1.82) is 0 Å². The molecule has 0 saturated carbocycles. The van der Waals surface area contributed by atoms with Crippen molar-refractivity contribution < 1.29 is 23.0 Å². The lowest BCUT2D eigenvalue weighted by atomic mass is 10.1. The third-order valence-corrected chi connectivity index (χ3v) is 4.82. The summed E-state index contributed by atoms with van der Waals surface area (Å²) in [5.74, 6) is -0.364. The lowest BCUT2D eigenvalue weighted by molar-refractivity contribution is -0.113. The van der Waals surface area contributed by atoms with E-state index < -0.39 is 6.61 Å². The van der Waals surface area contributed by atoms with E-state index in [0.717, 1.165) is 5.69 Å². The smallest absolute Gasteiger partial charge is 0.387 e. The van der Waals surface area contributed by atoms with Crippen molar-refractivity contribution in [2.45, 2.75) is 13.5 Å². The predicted molar refractivity (Wildman–Crippen MR) is 109 cm³/mol. The summed E-state index contributed by atoms with van der Waals surface area (Å²) in [7, 11) is 1.36. The molecule has 0 aliphatic carbocycles. The molecule has 5 nitrogen and oxygen atoms in total. The van der Waals surface area contributed by atoms with Crippen LogP contribution in [0.1, 0.15) is 11.3 Å². The number of thiazole rings is 1. The van der Waals surface area contributed by atoms with Crippen LogP contribution in [0, 0.1) is 6.92 Å². The predicted octanol–water partition coefficient (Wildman–Crippen LogP) is 5.44. The van der Waals surface area contributed by atoms with Gasteiger partial charge in [-0.25, -0.2) is 4.98 Å². The molecular formula is C21H18F2N2O3S. The first-order valence-corrected chi connectivity index (χ1v) is 9.48. The molecular weight excluding hydrogens is 398 g/mol. The van der Waals surface area contributed by atoms with Crippen molar-refractivity contribution >= 4 is 34.1 Å². The van der Waals surface area contributed by atoms with Crippen LogP contribution in [0.25, 0.3) is 6.08 Å². The topological polar surface area (TPSA) is 51.7 Å². The number of para-hydroxylation sites is 2. The van der Waals surface area contributed by atoms with Gasteiger partial charge in [0.1, 0.15) is 0 Å². The summed E-state index contributed by atoms with van der Waals surface area (Å²) >= 11 is 1.34. The number of hydrogen-bond acceptors (Lipinski definition) is 5. The van der Waals surface area contributed by atoms with Crippen molar-refractivity contribution in [3.05, 3.63) is 71.2 Å². The van der Waals surface area contributed by atoms with Gasteiger partial charge in [-0.1, -0.05) is 30.3 Å².